The molecular weight excluding hydrogens is 292 g/mol. The number of urea groups is 1. The number of carbonyl (C=O) groups excluding carboxylic acids is 1. The molecule has 21 heavy (non-hydrogen) atoms. The number of rotatable bonds is 6. The molecule has 0 saturated carbocycles. The fraction of sp³-hybridized carbons (Fsp3) is 0.286. The Morgan fingerprint density at radius 3 is 2.95 bits per heavy atom. The van der Waals surface area contributed by atoms with Crippen molar-refractivity contribution in [2.24, 2.45) is 0 Å². The summed E-state index contributed by atoms with van der Waals surface area (Å²) in [5, 5.41) is 10.2. The van der Waals surface area contributed by atoms with Gasteiger partial charge in [0.2, 0.25) is 0 Å². The third-order valence-corrected chi connectivity index (χ3v) is 3.17. The third kappa shape index (κ3) is 4.77. The van der Waals surface area contributed by atoms with Crippen LogP contribution in [0.5, 0.6) is 0 Å². The van der Waals surface area contributed by atoms with Crippen LogP contribution >= 0.6 is 11.6 Å². The summed E-state index contributed by atoms with van der Waals surface area (Å²) in [4.78, 5) is 11.8. The third-order valence-electron chi connectivity index (χ3n) is 2.80. The van der Waals surface area contributed by atoms with E-state index < -0.39 is 0 Å². The Morgan fingerprint density at radius 1 is 1.38 bits per heavy atom. The van der Waals surface area contributed by atoms with Crippen molar-refractivity contribution in [3.05, 3.63) is 47.1 Å². The molecule has 112 valence electrons. The molecule has 0 aliphatic carbocycles. The van der Waals surface area contributed by atoms with Crippen molar-refractivity contribution in [3.8, 4) is 0 Å². The molecule has 0 saturated heterocycles. The number of hydrogen-bond acceptors (Lipinski definition) is 3. The summed E-state index contributed by atoms with van der Waals surface area (Å²) >= 11 is 6.02. The van der Waals surface area contributed by atoms with Crippen LogP contribution in [-0.4, -0.2) is 29.5 Å². The van der Waals surface area contributed by atoms with Gasteiger partial charge in [-0.25, -0.2) is 4.79 Å². The number of carbonyl (C=O) groups is 1. The number of methoxy groups -OCH3 is 1. The van der Waals surface area contributed by atoms with E-state index in [1.54, 1.807) is 30.1 Å². The molecule has 0 fully saturated rings. The van der Waals surface area contributed by atoms with Crippen LogP contribution in [0.1, 0.15) is 5.56 Å². The standard InChI is InChI=1S/C14H17ClN4O2/c1-21-9-8-19-7-6-13(18-19)17-14(20)16-10-11-4-2-3-5-12(11)15/h2-7H,8-10H2,1H3,(H2,16,17,18,20). The van der Waals surface area contributed by atoms with Crippen molar-refractivity contribution in [1.82, 2.24) is 15.1 Å². The number of nitrogens with one attached hydrogen (secondary N) is 2. The van der Waals surface area contributed by atoms with Gasteiger partial charge in [-0.1, -0.05) is 29.8 Å². The van der Waals surface area contributed by atoms with E-state index >= 15 is 0 Å². The Labute approximate surface area is 128 Å². The van der Waals surface area contributed by atoms with Gasteiger partial charge in [0.15, 0.2) is 5.82 Å². The minimum atomic E-state index is -0.327. The summed E-state index contributed by atoms with van der Waals surface area (Å²) < 4.78 is 6.66. The second-order valence-corrected chi connectivity index (χ2v) is 4.76. The summed E-state index contributed by atoms with van der Waals surface area (Å²) in [6.45, 7) is 1.56. The van der Waals surface area contributed by atoms with Crippen LogP contribution in [0.3, 0.4) is 0 Å². The number of nitrogens with zero attached hydrogens (tertiary/aromatic N) is 2. The molecule has 0 bridgehead atoms. The summed E-state index contributed by atoms with van der Waals surface area (Å²) in [7, 11) is 1.63. The van der Waals surface area contributed by atoms with Gasteiger partial charge >= 0.3 is 6.03 Å². The Bertz CT molecular complexity index is 600. The molecule has 1 heterocycles. The van der Waals surface area contributed by atoms with Gasteiger partial charge in [0.1, 0.15) is 0 Å². The zero-order valence-corrected chi connectivity index (χ0v) is 12.4. The second-order valence-electron chi connectivity index (χ2n) is 4.36. The summed E-state index contributed by atoms with van der Waals surface area (Å²) in [5.74, 6) is 0.489. The number of amides is 2. The average Bonchev–Trinajstić information content (AvgIpc) is 2.91. The lowest BCUT2D eigenvalue weighted by atomic mass is 10.2. The molecule has 7 heteroatoms. The average molecular weight is 309 g/mol. The van der Waals surface area contributed by atoms with Gasteiger partial charge in [-0.15, -0.1) is 0 Å². The van der Waals surface area contributed by atoms with Crippen molar-refractivity contribution in [2.45, 2.75) is 13.1 Å². The number of benzene rings is 1. The largest absolute Gasteiger partial charge is 0.383 e. The van der Waals surface area contributed by atoms with Crippen LogP contribution in [-0.2, 0) is 17.8 Å². The molecule has 2 N–H and O–H groups in total. The lowest BCUT2D eigenvalue weighted by Gasteiger charge is -2.07. The molecule has 0 radical (unpaired) electrons. The van der Waals surface area contributed by atoms with Gasteiger partial charge in [0.05, 0.1) is 13.2 Å². The predicted octanol–water partition coefficient (Wildman–Crippen LogP) is 2.50. The van der Waals surface area contributed by atoms with E-state index in [2.05, 4.69) is 15.7 Å². The summed E-state index contributed by atoms with van der Waals surface area (Å²) in [6, 6.07) is 8.77. The van der Waals surface area contributed by atoms with E-state index in [4.69, 9.17) is 16.3 Å². The fourth-order valence-electron chi connectivity index (χ4n) is 1.72. The minimum absolute atomic E-state index is 0.327. The highest BCUT2D eigenvalue weighted by Crippen LogP contribution is 2.14. The van der Waals surface area contributed by atoms with E-state index in [9.17, 15) is 4.79 Å². The van der Waals surface area contributed by atoms with E-state index in [1.165, 1.54) is 0 Å². The first-order valence-corrected chi connectivity index (χ1v) is 6.87. The maximum atomic E-state index is 11.8. The Kier molecular flexibility index (Phi) is 5.59. The molecule has 1 aromatic heterocycles. The Balaban J connectivity index is 1.82. The molecule has 1 aromatic carbocycles. The van der Waals surface area contributed by atoms with Gasteiger partial charge in [0, 0.05) is 30.9 Å². The summed E-state index contributed by atoms with van der Waals surface area (Å²) in [6.07, 6.45) is 1.78. The predicted molar refractivity (Wildman–Crippen MR) is 81.4 cm³/mol. The molecule has 2 rings (SSSR count). The van der Waals surface area contributed by atoms with Crippen LogP contribution in [0.4, 0.5) is 10.6 Å². The molecule has 0 unspecified atom stereocenters. The number of halogens is 1. The number of ether oxygens (including phenoxy) is 1. The lowest BCUT2D eigenvalue weighted by Crippen LogP contribution is -2.28. The smallest absolute Gasteiger partial charge is 0.320 e. The second kappa shape index (κ2) is 7.66. The minimum Gasteiger partial charge on any atom is -0.383 e. The van der Waals surface area contributed by atoms with Gasteiger partial charge in [-0.2, -0.15) is 5.10 Å². The molecule has 2 amide bonds. The van der Waals surface area contributed by atoms with Crippen molar-refractivity contribution in [3.63, 3.8) is 0 Å². The molecule has 0 spiro atoms. The normalized spacial score (nSPS) is 10.4. The van der Waals surface area contributed by atoms with Gasteiger partial charge in [-0.3, -0.25) is 10.00 Å². The topological polar surface area (TPSA) is 68.2 Å². The molecule has 0 aliphatic rings. The van der Waals surface area contributed by atoms with Crippen LogP contribution in [0, 0.1) is 0 Å². The van der Waals surface area contributed by atoms with Crippen LogP contribution in [0.2, 0.25) is 5.02 Å². The maximum Gasteiger partial charge on any atom is 0.320 e. The number of anilines is 1. The highest BCUT2D eigenvalue weighted by atomic mass is 35.5. The first-order chi connectivity index (χ1) is 10.2. The van der Waals surface area contributed by atoms with Gasteiger partial charge in [-0.05, 0) is 11.6 Å². The molecule has 0 aliphatic heterocycles. The SMILES string of the molecule is COCCn1ccc(NC(=O)NCc2ccccc2Cl)n1. The van der Waals surface area contributed by atoms with E-state index in [0.29, 0.717) is 30.5 Å². The molecular formula is C14H17ClN4O2. The van der Waals surface area contributed by atoms with Gasteiger partial charge < -0.3 is 10.1 Å². The lowest BCUT2D eigenvalue weighted by molar-refractivity contribution is 0.183. The quantitative estimate of drug-likeness (QED) is 0.861. The first-order valence-electron chi connectivity index (χ1n) is 6.49. The van der Waals surface area contributed by atoms with Gasteiger partial charge in [0.25, 0.3) is 0 Å². The zero-order chi connectivity index (χ0) is 15.1. The Morgan fingerprint density at radius 2 is 2.19 bits per heavy atom. The monoisotopic (exact) mass is 308 g/mol. The highest BCUT2D eigenvalue weighted by molar-refractivity contribution is 6.31. The zero-order valence-electron chi connectivity index (χ0n) is 11.7. The van der Waals surface area contributed by atoms with Crippen molar-refractivity contribution < 1.29 is 9.53 Å². The van der Waals surface area contributed by atoms with Crippen LogP contribution in [0.15, 0.2) is 36.5 Å². The summed E-state index contributed by atoms with van der Waals surface area (Å²) in [5.41, 5.74) is 0.861. The van der Waals surface area contributed by atoms with E-state index in [0.717, 1.165) is 5.56 Å². The van der Waals surface area contributed by atoms with Crippen molar-refractivity contribution in [1.29, 1.82) is 0 Å². The number of hydrogen-bond donors (Lipinski definition) is 2. The highest BCUT2D eigenvalue weighted by Gasteiger charge is 2.06. The van der Waals surface area contributed by atoms with Crippen molar-refractivity contribution in [2.75, 3.05) is 19.0 Å². The van der Waals surface area contributed by atoms with E-state index in [-0.39, 0.29) is 6.03 Å². The maximum absolute atomic E-state index is 11.8. The van der Waals surface area contributed by atoms with Crippen molar-refractivity contribution >= 4 is 23.4 Å². The molecule has 2 aromatic rings. The van der Waals surface area contributed by atoms with E-state index in [1.807, 2.05) is 18.2 Å². The fourth-order valence-corrected chi connectivity index (χ4v) is 1.92. The van der Waals surface area contributed by atoms with Crippen LogP contribution < -0.4 is 10.6 Å². The Hall–Kier alpha value is -2.05. The first kappa shape index (κ1) is 15.3. The number of aromatic nitrogens is 2. The molecule has 6 nitrogen and oxygen atoms in total. The molecule has 0 atom stereocenters. The van der Waals surface area contributed by atoms with Crippen LogP contribution in [0.25, 0.3) is 0 Å².